The lowest BCUT2D eigenvalue weighted by atomic mass is 9.99. The van der Waals surface area contributed by atoms with E-state index in [1.54, 1.807) is 0 Å². The average Bonchev–Trinajstić information content (AvgIpc) is 3.74. The highest BCUT2D eigenvalue weighted by molar-refractivity contribution is 6.11. The summed E-state index contributed by atoms with van der Waals surface area (Å²) >= 11 is 0. The van der Waals surface area contributed by atoms with Crippen LogP contribution in [-0.4, -0.2) is 10.4 Å². The summed E-state index contributed by atoms with van der Waals surface area (Å²) in [6.07, 6.45) is -0.495. The molecule has 0 spiro atoms. The summed E-state index contributed by atoms with van der Waals surface area (Å²) in [5, 5.41) is 12.2. The average molecular weight is 645 g/mol. The van der Waals surface area contributed by atoms with E-state index in [9.17, 15) is 0 Å². The molecule has 0 fully saturated rings. The molecule has 1 aliphatic rings. The zero-order valence-corrected chi connectivity index (χ0v) is 27.1. The lowest BCUT2D eigenvalue weighted by Crippen LogP contribution is -2.45. The van der Waals surface area contributed by atoms with Gasteiger partial charge in [0.1, 0.15) is 29.3 Å². The molecule has 0 bridgehead atoms. The SMILES string of the molecule is c1ccc(C2=NC(c3cccc(-c4ccccc4)c3)NC(c3cccc4oc5cc(-n6c7ccccc7c7ccccc76)ccc5c34)N2)cc1. The summed E-state index contributed by atoms with van der Waals surface area (Å²) in [6, 6.07) is 59.7. The Morgan fingerprint density at radius 3 is 1.94 bits per heavy atom. The van der Waals surface area contributed by atoms with Gasteiger partial charge in [0.05, 0.1) is 11.0 Å². The van der Waals surface area contributed by atoms with Gasteiger partial charge in [-0.3, -0.25) is 5.32 Å². The molecule has 2 unspecified atom stereocenters. The van der Waals surface area contributed by atoms with E-state index >= 15 is 0 Å². The number of hydrogen-bond acceptors (Lipinski definition) is 4. The van der Waals surface area contributed by atoms with Crippen LogP contribution in [0, 0.1) is 0 Å². The number of fused-ring (bicyclic) bond motifs is 6. The van der Waals surface area contributed by atoms with Crippen molar-refractivity contribution in [3.8, 4) is 16.8 Å². The summed E-state index contributed by atoms with van der Waals surface area (Å²) in [4.78, 5) is 5.22. The lowest BCUT2D eigenvalue weighted by molar-refractivity contribution is 0.411. The molecule has 2 aromatic heterocycles. The van der Waals surface area contributed by atoms with Gasteiger partial charge in [0.2, 0.25) is 0 Å². The summed E-state index contributed by atoms with van der Waals surface area (Å²) in [5.74, 6) is 0.850. The van der Waals surface area contributed by atoms with Crippen LogP contribution in [0.15, 0.2) is 179 Å². The number of nitrogens with zero attached hydrogens (tertiary/aromatic N) is 2. The van der Waals surface area contributed by atoms with E-state index in [-0.39, 0.29) is 12.3 Å². The lowest BCUT2D eigenvalue weighted by Gasteiger charge is -2.32. The van der Waals surface area contributed by atoms with E-state index in [0.29, 0.717) is 0 Å². The molecule has 9 aromatic rings. The predicted octanol–water partition coefficient (Wildman–Crippen LogP) is 10.7. The van der Waals surface area contributed by atoms with E-state index in [4.69, 9.17) is 9.41 Å². The number of amidine groups is 1. The predicted molar refractivity (Wildman–Crippen MR) is 205 cm³/mol. The Balaban J connectivity index is 1.09. The monoisotopic (exact) mass is 644 g/mol. The normalized spacial score (nSPS) is 16.2. The topological polar surface area (TPSA) is 54.5 Å². The molecule has 7 aromatic carbocycles. The maximum atomic E-state index is 6.64. The van der Waals surface area contributed by atoms with Crippen LogP contribution < -0.4 is 10.6 Å². The molecular weight excluding hydrogens is 613 g/mol. The van der Waals surface area contributed by atoms with E-state index < -0.39 is 0 Å². The van der Waals surface area contributed by atoms with Crippen molar-refractivity contribution < 1.29 is 4.42 Å². The molecule has 1 aliphatic heterocycles. The first-order valence-electron chi connectivity index (χ1n) is 17.0. The van der Waals surface area contributed by atoms with Gasteiger partial charge in [-0.25, -0.2) is 4.99 Å². The van der Waals surface area contributed by atoms with Crippen LogP contribution in [0.1, 0.15) is 29.0 Å². The zero-order chi connectivity index (χ0) is 33.0. The highest BCUT2D eigenvalue weighted by Gasteiger charge is 2.28. The van der Waals surface area contributed by atoms with Crippen molar-refractivity contribution in [2.75, 3.05) is 0 Å². The molecule has 5 nitrogen and oxygen atoms in total. The van der Waals surface area contributed by atoms with Crippen molar-refractivity contribution in [3.05, 3.63) is 187 Å². The Kier molecular flexibility index (Phi) is 6.64. The van der Waals surface area contributed by atoms with Gasteiger partial charge in [0.15, 0.2) is 0 Å². The Morgan fingerprint density at radius 2 is 1.18 bits per heavy atom. The molecule has 2 N–H and O–H groups in total. The minimum absolute atomic E-state index is 0.227. The minimum Gasteiger partial charge on any atom is -0.456 e. The fraction of sp³-hybridized carbons (Fsp3) is 0.0444. The summed E-state index contributed by atoms with van der Waals surface area (Å²) in [5.41, 5.74) is 10.7. The van der Waals surface area contributed by atoms with Gasteiger partial charge in [-0.1, -0.05) is 127 Å². The van der Waals surface area contributed by atoms with Gasteiger partial charge < -0.3 is 14.3 Å². The number of para-hydroxylation sites is 2. The number of rotatable bonds is 5. The van der Waals surface area contributed by atoms with Crippen LogP contribution in [0.4, 0.5) is 0 Å². The number of furan rings is 1. The summed E-state index contributed by atoms with van der Waals surface area (Å²) < 4.78 is 8.97. The third-order valence-electron chi connectivity index (χ3n) is 9.88. The molecule has 0 aliphatic carbocycles. The van der Waals surface area contributed by atoms with Crippen molar-refractivity contribution in [1.82, 2.24) is 15.2 Å². The van der Waals surface area contributed by atoms with Crippen LogP contribution >= 0.6 is 0 Å². The minimum atomic E-state index is -0.268. The Labute approximate surface area is 289 Å². The van der Waals surface area contributed by atoms with E-state index in [1.807, 2.05) is 12.1 Å². The second-order valence-corrected chi connectivity index (χ2v) is 12.9. The number of hydrogen-bond donors (Lipinski definition) is 2. The quantitative estimate of drug-likeness (QED) is 0.196. The van der Waals surface area contributed by atoms with Crippen LogP contribution in [0.2, 0.25) is 0 Å². The van der Waals surface area contributed by atoms with Gasteiger partial charge in [-0.15, -0.1) is 0 Å². The maximum absolute atomic E-state index is 6.64. The molecule has 238 valence electrons. The molecule has 0 saturated heterocycles. The van der Waals surface area contributed by atoms with E-state index in [2.05, 4.69) is 173 Å². The summed E-state index contributed by atoms with van der Waals surface area (Å²) in [6.45, 7) is 0. The fourth-order valence-electron chi connectivity index (χ4n) is 7.57. The van der Waals surface area contributed by atoms with E-state index in [0.717, 1.165) is 50.2 Å². The largest absolute Gasteiger partial charge is 0.456 e. The van der Waals surface area contributed by atoms with Crippen LogP contribution in [0.25, 0.3) is 60.6 Å². The van der Waals surface area contributed by atoms with Crippen molar-refractivity contribution in [3.63, 3.8) is 0 Å². The zero-order valence-electron chi connectivity index (χ0n) is 27.1. The first kappa shape index (κ1) is 28.6. The van der Waals surface area contributed by atoms with Crippen LogP contribution in [0.3, 0.4) is 0 Å². The summed E-state index contributed by atoms with van der Waals surface area (Å²) in [7, 11) is 0. The smallest absolute Gasteiger partial charge is 0.137 e. The fourth-order valence-corrected chi connectivity index (χ4v) is 7.57. The second kappa shape index (κ2) is 11.6. The molecule has 0 amide bonds. The number of aliphatic imine (C=N–C) groups is 1. The molecule has 50 heavy (non-hydrogen) atoms. The molecule has 10 rings (SSSR count). The van der Waals surface area contributed by atoms with E-state index in [1.165, 1.54) is 32.9 Å². The molecular formula is C45H32N4O. The first-order chi connectivity index (χ1) is 24.8. The van der Waals surface area contributed by atoms with Gasteiger partial charge in [0, 0.05) is 44.4 Å². The highest BCUT2D eigenvalue weighted by Crippen LogP contribution is 2.38. The van der Waals surface area contributed by atoms with Gasteiger partial charge in [-0.2, -0.15) is 0 Å². The van der Waals surface area contributed by atoms with Crippen molar-refractivity contribution in [1.29, 1.82) is 0 Å². The van der Waals surface area contributed by atoms with Crippen LogP contribution in [0.5, 0.6) is 0 Å². The number of benzene rings is 7. The Morgan fingerprint density at radius 1 is 0.520 bits per heavy atom. The van der Waals surface area contributed by atoms with Crippen LogP contribution in [-0.2, 0) is 0 Å². The third kappa shape index (κ3) is 4.71. The molecule has 2 atom stereocenters. The van der Waals surface area contributed by atoms with Gasteiger partial charge in [-0.05, 0) is 53.1 Å². The molecule has 0 radical (unpaired) electrons. The Hall–Kier alpha value is -6.43. The molecule has 0 saturated carbocycles. The van der Waals surface area contributed by atoms with Gasteiger partial charge in [0.25, 0.3) is 0 Å². The number of nitrogens with one attached hydrogen (secondary N) is 2. The second-order valence-electron chi connectivity index (χ2n) is 12.9. The highest BCUT2D eigenvalue weighted by atomic mass is 16.3. The molecule has 3 heterocycles. The third-order valence-corrected chi connectivity index (χ3v) is 9.88. The van der Waals surface area contributed by atoms with Crippen molar-refractivity contribution in [2.45, 2.75) is 12.3 Å². The molecule has 5 heteroatoms. The Bertz CT molecular complexity index is 2670. The number of aromatic nitrogens is 1. The maximum Gasteiger partial charge on any atom is 0.137 e. The van der Waals surface area contributed by atoms with Gasteiger partial charge >= 0.3 is 0 Å². The first-order valence-corrected chi connectivity index (χ1v) is 17.0. The standard InChI is InChI=1S/C45H32N4O/c1-3-13-29(14-4-1)31-17-11-18-32(27-31)44-46-43(30-15-5-2-6-16-30)47-45(48-44)37-21-12-24-40-42(37)36-26-25-33(28-41(36)50-40)49-38-22-9-7-19-34(38)35-20-8-10-23-39(35)49/h1-28,44-45,48H,(H,46,47). The van der Waals surface area contributed by atoms with Crippen molar-refractivity contribution in [2.24, 2.45) is 4.99 Å². The van der Waals surface area contributed by atoms with Crippen molar-refractivity contribution >= 4 is 49.6 Å².